The molecule has 0 radical (unpaired) electrons. The lowest BCUT2D eigenvalue weighted by Crippen LogP contribution is -2.31. The maximum Gasteiger partial charge on any atom is 0.257 e. The van der Waals surface area contributed by atoms with E-state index >= 15 is 0 Å². The fourth-order valence-corrected chi connectivity index (χ4v) is 4.17. The average Bonchev–Trinajstić information content (AvgIpc) is 3.56. The Bertz CT molecular complexity index is 1060. The van der Waals surface area contributed by atoms with E-state index in [9.17, 15) is 14.4 Å². The standard InChI is InChI=1S/C25H28N2O5/c1-4-32-22-13-17(10-11-21(22)31-3)20(12-15(2)28)27-14-18-6-5-7-19(23(18)25(27)30)26-24(29)16-8-9-16/h5-7,10-11,13,16,20H,4,8-9,12,14H2,1-3H3,(H,26,29). The second-order valence-corrected chi connectivity index (χ2v) is 8.30. The van der Waals surface area contributed by atoms with E-state index in [1.54, 1.807) is 24.1 Å². The molecule has 2 amide bonds. The molecule has 1 unspecified atom stereocenters. The highest BCUT2D eigenvalue weighted by Gasteiger charge is 2.37. The fourth-order valence-electron chi connectivity index (χ4n) is 4.17. The van der Waals surface area contributed by atoms with Gasteiger partial charge in [0.1, 0.15) is 5.78 Å². The number of amides is 2. The van der Waals surface area contributed by atoms with Crippen molar-refractivity contribution in [3.63, 3.8) is 0 Å². The molecule has 0 aromatic heterocycles. The second kappa shape index (κ2) is 9.02. The summed E-state index contributed by atoms with van der Waals surface area (Å²) >= 11 is 0. The van der Waals surface area contributed by atoms with Crippen LogP contribution in [-0.4, -0.2) is 36.2 Å². The minimum Gasteiger partial charge on any atom is -0.493 e. The number of nitrogens with one attached hydrogen (secondary N) is 1. The number of hydrogen-bond acceptors (Lipinski definition) is 5. The van der Waals surface area contributed by atoms with Crippen LogP contribution in [0.25, 0.3) is 0 Å². The van der Waals surface area contributed by atoms with E-state index in [2.05, 4.69) is 5.32 Å². The number of rotatable bonds is 9. The molecule has 168 valence electrons. The van der Waals surface area contributed by atoms with Crippen molar-refractivity contribution < 1.29 is 23.9 Å². The summed E-state index contributed by atoms with van der Waals surface area (Å²) in [7, 11) is 1.57. The van der Waals surface area contributed by atoms with Crippen LogP contribution in [0.1, 0.15) is 60.6 Å². The Balaban J connectivity index is 1.67. The molecule has 1 aliphatic heterocycles. The van der Waals surface area contributed by atoms with E-state index in [1.807, 2.05) is 31.2 Å². The Labute approximate surface area is 187 Å². The summed E-state index contributed by atoms with van der Waals surface area (Å²) in [6, 6.07) is 10.5. The molecule has 1 atom stereocenters. The monoisotopic (exact) mass is 436 g/mol. The number of hydrogen-bond donors (Lipinski definition) is 1. The Morgan fingerprint density at radius 3 is 2.62 bits per heavy atom. The molecule has 2 aliphatic rings. The molecule has 0 saturated heterocycles. The van der Waals surface area contributed by atoms with Gasteiger partial charge in [-0.3, -0.25) is 14.4 Å². The van der Waals surface area contributed by atoms with E-state index in [4.69, 9.17) is 9.47 Å². The zero-order valence-electron chi connectivity index (χ0n) is 18.6. The van der Waals surface area contributed by atoms with Crippen LogP contribution in [0.4, 0.5) is 5.69 Å². The van der Waals surface area contributed by atoms with Crippen molar-refractivity contribution in [3.05, 3.63) is 53.1 Å². The molecule has 2 aromatic carbocycles. The van der Waals surface area contributed by atoms with Crippen molar-refractivity contribution in [2.24, 2.45) is 5.92 Å². The van der Waals surface area contributed by atoms with Gasteiger partial charge < -0.3 is 19.7 Å². The largest absolute Gasteiger partial charge is 0.493 e. The lowest BCUT2D eigenvalue weighted by Gasteiger charge is -2.28. The summed E-state index contributed by atoms with van der Waals surface area (Å²) in [6.45, 7) is 4.25. The predicted molar refractivity (Wildman–Crippen MR) is 120 cm³/mol. The first-order valence-electron chi connectivity index (χ1n) is 11.0. The molecule has 1 saturated carbocycles. The Hall–Kier alpha value is -3.35. The number of ether oxygens (including phenoxy) is 2. The van der Waals surface area contributed by atoms with Crippen molar-refractivity contribution in [2.75, 3.05) is 19.0 Å². The molecule has 1 heterocycles. The number of Topliss-reactive ketones (excluding diaryl/α,β-unsaturated/α-hetero) is 1. The van der Waals surface area contributed by atoms with Gasteiger partial charge in [-0.05, 0) is 56.0 Å². The van der Waals surface area contributed by atoms with Crippen molar-refractivity contribution in [1.29, 1.82) is 0 Å². The summed E-state index contributed by atoms with van der Waals surface area (Å²) in [5.41, 5.74) is 2.69. The van der Waals surface area contributed by atoms with Crippen LogP contribution in [0.2, 0.25) is 0 Å². The van der Waals surface area contributed by atoms with Gasteiger partial charge in [0.15, 0.2) is 11.5 Å². The first kappa shape index (κ1) is 21.9. The maximum absolute atomic E-state index is 13.5. The molecule has 1 aliphatic carbocycles. The van der Waals surface area contributed by atoms with Gasteiger partial charge in [-0.2, -0.15) is 0 Å². The Morgan fingerprint density at radius 2 is 1.97 bits per heavy atom. The molecule has 0 spiro atoms. The van der Waals surface area contributed by atoms with Gasteiger partial charge in [0.05, 0.1) is 31.0 Å². The molecule has 2 aromatic rings. The van der Waals surface area contributed by atoms with E-state index < -0.39 is 6.04 Å². The minimum absolute atomic E-state index is 0.0187. The van der Waals surface area contributed by atoms with E-state index in [0.29, 0.717) is 35.9 Å². The van der Waals surface area contributed by atoms with E-state index in [-0.39, 0.29) is 29.9 Å². The number of carbonyl (C=O) groups excluding carboxylic acids is 3. The number of ketones is 1. The van der Waals surface area contributed by atoms with Crippen molar-refractivity contribution in [3.8, 4) is 11.5 Å². The summed E-state index contributed by atoms with van der Waals surface area (Å²) in [4.78, 5) is 39.7. The Morgan fingerprint density at radius 1 is 1.19 bits per heavy atom. The van der Waals surface area contributed by atoms with Gasteiger partial charge in [0, 0.05) is 18.9 Å². The zero-order chi connectivity index (χ0) is 22.8. The van der Waals surface area contributed by atoms with E-state index in [1.165, 1.54) is 6.92 Å². The quantitative estimate of drug-likeness (QED) is 0.639. The van der Waals surface area contributed by atoms with Gasteiger partial charge >= 0.3 is 0 Å². The third-order valence-electron chi connectivity index (χ3n) is 5.90. The molecule has 4 rings (SSSR count). The number of anilines is 1. The van der Waals surface area contributed by atoms with Gasteiger partial charge in [0.2, 0.25) is 5.91 Å². The molecule has 1 N–H and O–H groups in total. The number of methoxy groups -OCH3 is 1. The van der Waals surface area contributed by atoms with Crippen LogP contribution in [0, 0.1) is 5.92 Å². The third kappa shape index (κ3) is 4.33. The van der Waals surface area contributed by atoms with Gasteiger partial charge in [-0.15, -0.1) is 0 Å². The highest BCUT2D eigenvalue weighted by Crippen LogP contribution is 2.40. The SMILES string of the molecule is CCOc1cc(C(CC(C)=O)N2Cc3cccc(NC(=O)C4CC4)c3C2=O)ccc1OC. The summed E-state index contributed by atoms with van der Waals surface area (Å²) in [5.74, 6) is 0.962. The van der Waals surface area contributed by atoms with Crippen LogP contribution in [-0.2, 0) is 16.1 Å². The fraction of sp³-hybridized carbons (Fsp3) is 0.400. The summed E-state index contributed by atoms with van der Waals surface area (Å²) in [6.07, 6.45) is 1.96. The number of nitrogens with zero attached hydrogens (tertiary/aromatic N) is 1. The molecule has 1 fully saturated rings. The maximum atomic E-state index is 13.5. The number of carbonyl (C=O) groups is 3. The number of benzene rings is 2. The topological polar surface area (TPSA) is 84.9 Å². The van der Waals surface area contributed by atoms with Crippen LogP contribution in [0.15, 0.2) is 36.4 Å². The molecular formula is C25H28N2O5. The van der Waals surface area contributed by atoms with E-state index in [0.717, 1.165) is 24.0 Å². The van der Waals surface area contributed by atoms with Gasteiger partial charge in [-0.25, -0.2) is 0 Å². The minimum atomic E-state index is -0.454. The second-order valence-electron chi connectivity index (χ2n) is 8.30. The molecule has 32 heavy (non-hydrogen) atoms. The van der Waals surface area contributed by atoms with Gasteiger partial charge in [0.25, 0.3) is 5.91 Å². The summed E-state index contributed by atoms with van der Waals surface area (Å²) in [5, 5.41) is 2.93. The van der Waals surface area contributed by atoms with Crippen LogP contribution in [0.3, 0.4) is 0 Å². The Kier molecular flexibility index (Phi) is 6.17. The van der Waals surface area contributed by atoms with Crippen LogP contribution >= 0.6 is 0 Å². The zero-order valence-corrected chi connectivity index (χ0v) is 18.6. The highest BCUT2D eigenvalue weighted by atomic mass is 16.5. The molecule has 7 heteroatoms. The summed E-state index contributed by atoms with van der Waals surface area (Å²) < 4.78 is 11.1. The van der Waals surface area contributed by atoms with Crippen molar-refractivity contribution in [2.45, 2.75) is 45.7 Å². The lowest BCUT2D eigenvalue weighted by molar-refractivity contribution is -0.118. The number of fused-ring (bicyclic) bond motifs is 1. The van der Waals surface area contributed by atoms with Crippen LogP contribution in [0.5, 0.6) is 11.5 Å². The third-order valence-corrected chi connectivity index (χ3v) is 5.90. The normalized spacial score (nSPS) is 15.8. The van der Waals surface area contributed by atoms with Crippen molar-refractivity contribution in [1.82, 2.24) is 4.90 Å². The smallest absolute Gasteiger partial charge is 0.257 e. The average molecular weight is 437 g/mol. The highest BCUT2D eigenvalue weighted by molar-refractivity contribution is 6.07. The molecular weight excluding hydrogens is 408 g/mol. The predicted octanol–water partition coefficient (Wildman–Crippen LogP) is 4.12. The first-order chi connectivity index (χ1) is 15.4. The first-order valence-corrected chi connectivity index (χ1v) is 11.0. The van der Waals surface area contributed by atoms with Crippen molar-refractivity contribution >= 4 is 23.3 Å². The van der Waals surface area contributed by atoms with Gasteiger partial charge in [-0.1, -0.05) is 18.2 Å². The molecule has 0 bridgehead atoms. The lowest BCUT2D eigenvalue weighted by atomic mass is 9.99. The molecule has 7 nitrogen and oxygen atoms in total. The van der Waals surface area contributed by atoms with Crippen LogP contribution < -0.4 is 14.8 Å².